The number of nitrogens with zero attached hydrogens (tertiary/aromatic N) is 7. The molecule has 5 heterocycles. The van der Waals surface area contributed by atoms with Crippen LogP contribution in [0.1, 0.15) is 120 Å². The van der Waals surface area contributed by atoms with E-state index in [0.717, 1.165) is 54.5 Å². The van der Waals surface area contributed by atoms with Crippen molar-refractivity contribution in [3.63, 3.8) is 0 Å². The number of thioether (sulfide) groups is 1. The molecule has 8 aromatic rings. The first kappa shape index (κ1) is 89.0. The number of hydrogen-bond donors (Lipinski definition) is 18. The molecule has 11 amide bonds. The molecule has 0 saturated carbocycles. The molecular formula is C79H86ClN21O19S. The van der Waals surface area contributed by atoms with Crippen molar-refractivity contribution in [3.8, 4) is 0 Å². The molecule has 0 spiro atoms. The summed E-state index contributed by atoms with van der Waals surface area (Å²) in [5.41, 5.74) is 27.0. The number of fused-ring (bicyclic) bond motifs is 6. The number of carboxylic acids is 4. The van der Waals surface area contributed by atoms with Gasteiger partial charge in [0.25, 0.3) is 23.3 Å². The van der Waals surface area contributed by atoms with E-state index in [0.29, 0.717) is 58.6 Å². The van der Waals surface area contributed by atoms with Gasteiger partial charge in [0.05, 0.1) is 48.8 Å². The Labute approximate surface area is 696 Å². The minimum atomic E-state index is -1.87. The number of H-pyrrole nitrogens is 2. The Bertz CT molecular complexity index is 5600. The highest BCUT2D eigenvalue weighted by Crippen LogP contribution is 2.44. The van der Waals surface area contributed by atoms with Gasteiger partial charge in [-0.1, -0.05) is 37.3 Å². The number of guanidine groups is 1. The third-order valence-corrected chi connectivity index (χ3v) is 20.9. The number of aliphatic carboxylic acids is 4. The molecule has 1 saturated heterocycles. The molecule has 5 aromatic carbocycles. The van der Waals surface area contributed by atoms with Crippen LogP contribution in [-0.4, -0.2) is 212 Å². The lowest BCUT2D eigenvalue weighted by molar-refractivity contribution is -0.144. The van der Waals surface area contributed by atoms with Crippen molar-refractivity contribution in [1.82, 2.24) is 61.8 Å². The van der Waals surface area contributed by atoms with Crippen molar-refractivity contribution in [2.24, 2.45) is 21.6 Å². The number of urea groups is 1. The van der Waals surface area contributed by atoms with Crippen molar-refractivity contribution in [2.45, 2.75) is 126 Å². The predicted octanol–water partition coefficient (Wildman–Crippen LogP) is 3.49. The Kier molecular flexibility index (Phi) is 29.5. The first-order valence-corrected chi connectivity index (χ1v) is 39.5. The molecule has 21 N–H and O–H groups in total. The maximum Gasteiger partial charge on any atom is 0.339 e. The number of anilines is 5. The van der Waals surface area contributed by atoms with E-state index >= 15 is 0 Å². The lowest BCUT2D eigenvalue weighted by Gasteiger charge is -2.25. The molecule has 7 atom stereocenters. The number of aromatic amines is 2. The van der Waals surface area contributed by atoms with E-state index in [1.807, 2.05) is 41.3 Å². The van der Waals surface area contributed by atoms with Crippen LogP contribution in [0.15, 0.2) is 124 Å². The van der Waals surface area contributed by atoms with Gasteiger partial charge >= 0.3 is 29.9 Å². The second-order valence-electron chi connectivity index (χ2n) is 28.3. The number of carbonyl (C=O) groups excluding carboxylic acids is 10. The molecule has 3 aliphatic rings. The van der Waals surface area contributed by atoms with Gasteiger partial charge in [-0.05, 0) is 152 Å². The summed E-state index contributed by atoms with van der Waals surface area (Å²) in [6, 6.07) is 19.7. The summed E-state index contributed by atoms with van der Waals surface area (Å²) in [7, 11) is 0. The number of aryl methyl sites for hydroxylation is 1. The predicted molar refractivity (Wildman–Crippen MR) is 447 cm³/mol. The minimum absolute atomic E-state index is 0.00492. The second kappa shape index (κ2) is 40.2. The molecule has 121 heavy (non-hydrogen) atoms. The number of rotatable bonds is 35. The lowest BCUT2D eigenvalue weighted by atomic mass is 9.93. The van der Waals surface area contributed by atoms with Crippen LogP contribution in [0.4, 0.5) is 33.5 Å². The topological polar surface area (TPSA) is 625 Å². The van der Waals surface area contributed by atoms with E-state index < -0.39 is 121 Å². The molecule has 42 heteroatoms. The van der Waals surface area contributed by atoms with E-state index in [-0.39, 0.29) is 109 Å². The van der Waals surface area contributed by atoms with Crippen LogP contribution in [0, 0.1) is 6.92 Å². The molecule has 3 aromatic heterocycles. The monoisotopic (exact) mass is 1700 g/mol. The number of benzene rings is 5. The van der Waals surface area contributed by atoms with Crippen molar-refractivity contribution >= 4 is 186 Å². The maximum atomic E-state index is 14.0. The average Bonchev–Trinajstić information content (AvgIpc) is 1.60. The summed E-state index contributed by atoms with van der Waals surface area (Å²) in [6.07, 6.45) is 1.93. The first-order valence-electron chi connectivity index (χ1n) is 37.6. The number of hydrogen-bond acceptors (Lipinski definition) is 23. The smallest absolute Gasteiger partial charge is 0.339 e. The van der Waals surface area contributed by atoms with Crippen LogP contribution in [0.25, 0.3) is 38.9 Å². The Morgan fingerprint density at radius 3 is 2.04 bits per heavy atom. The number of aromatic nitrogens is 5. The summed E-state index contributed by atoms with van der Waals surface area (Å²) < 4.78 is 0. The number of likely N-dealkylation sites (tertiary alicyclic amines) is 1. The number of imide groups is 1. The number of aliphatic imine (C=N–C) groups is 1. The normalized spacial score (nSPS) is 15.2. The zero-order valence-corrected chi connectivity index (χ0v) is 67.0. The average molecular weight is 1700 g/mol. The fourth-order valence-electron chi connectivity index (χ4n) is 13.5. The van der Waals surface area contributed by atoms with Crippen molar-refractivity contribution < 1.29 is 87.5 Å². The summed E-state index contributed by atoms with van der Waals surface area (Å²) in [6.45, 7) is 5.64. The molecule has 2 unspecified atom stereocenters. The first-order chi connectivity index (χ1) is 57.7. The van der Waals surface area contributed by atoms with Crippen LogP contribution in [-0.2, 0) is 65.7 Å². The Hall–Kier alpha value is -14.4. The summed E-state index contributed by atoms with van der Waals surface area (Å²) in [5.74, 6) is -12.5. The van der Waals surface area contributed by atoms with Crippen LogP contribution in [0.5, 0.6) is 0 Å². The molecule has 0 radical (unpaired) electrons. The number of carbonyl (C=O) groups is 14. The van der Waals surface area contributed by atoms with Crippen LogP contribution >= 0.6 is 23.4 Å². The third-order valence-electron chi connectivity index (χ3n) is 19.6. The number of amides is 11. The number of nitrogen functional groups attached to an aromatic ring is 1. The molecule has 1 fully saturated rings. The van der Waals surface area contributed by atoms with Crippen molar-refractivity contribution in [3.05, 3.63) is 158 Å². The number of nitrogens with one attached hydrogen (secondary N) is 11. The highest BCUT2D eigenvalue weighted by Gasteiger charge is 2.40. The Morgan fingerprint density at radius 1 is 0.727 bits per heavy atom. The highest BCUT2D eigenvalue weighted by atomic mass is 35.5. The van der Waals surface area contributed by atoms with Gasteiger partial charge in [-0.15, -0.1) is 11.6 Å². The van der Waals surface area contributed by atoms with Gasteiger partial charge < -0.3 is 90.0 Å². The number of carboxylic acid groups (broad SMARTS) is 4. The largest absolute Gasteiger partial charge is 0.481 e. The molecule has 40 nitrogen and oxygen atoms in total. The van der Waals surface area contributed by atoms with Crippen LogP contribution < -0.4 is 75.6 Å². The fraction of sp³-hybridized carbons (Fsp3) is 0.316. The lowest BCUT2D eigenvalue weighted by Crippen LogP contribution is -2.58. The SMILES string of the molecule is CC[C@H](NC(=O)[C@H](CC(=O)O)NC(=O)[C@H](CCCN=C(N)N)NC(=O)[C@H](CC(=O)O)NC(=O)CC[C@H](NC(=O)c1ccc(NCc2cnc3nc(N)[nH]c(=O)c3n2)cc1)C(=O)O)C(=O)O.CSC1CC(=O)N(C/C(C)=N/NC(=O)Nc2ccc3c(c2)C=C(C(=O)Nc2ccc4[nH]c(C(=O)N5CC(CCl)c6c5cc(C)c5ccccc65)cc4c2)C3)C1=O. The quantitative estimate of drug-likeness (QED) is 0.00675. The van der Waals surface area contributed by atoms with Crippen molar-refractivity contribution in [1.29, 1.82) is 0 Å². The van der Waals surface area contributed by atoms with Gasteiger partial charge in [-0.2, -0.15) is 21.8 Å². The summed E-state index contributed by atoms with van der Waals surface area (Å²) >= 11 is 7.78. The number of hydrazone groups is 1. The van der Waals surface area contributed by atoms with E-state index in [4.69, 9.17) is 28.8 Å². The summed E-state index contributed by atoms with van der Waals surface area (Å²) in [4.78, 5) is 214. The van der Waals surface area contributed by atoms with Gasteiger partial charge in [0.15, 0.2) is 17.1 Å². The van der Waals surface area contributed by atoms with Gasteiger partial charge in [-0.25, -0.2) is 29.8 Å². The van der Waals surface area contributed by atoms with E-state index in [9.17, 15) is 92.3 Å². The molecule has 2 aliphatic heterocycles. The number of nitrogens with two attached hydrogens (primary N) is 3. The standard InChI is InChI=1S/C42H38ClN7O5S.C37H48N14O14/c1-22-12-35-38(32-7-5-4-6-31(22)32)28(19-43)21-49(35)40(53)34-17-26-16-29(10-11-33(26)46-34)44-39(52)27-13-24-8-9-30(15-25(24)14-27)45-42(55)48-47-23(2)20-50-37(51)18-36(56-3)41(50)54;1-2-19(34(62)63)46-32(60)23(13-26(55)56)49-30(58)20(4-3-11-41-36(38)39)47-31(59)22(12-25(53)54)45-24(52)10-9-21(35(64)65)48-29(57)16-5-7-17(8-6-16)42-14-18-15-43-28-27(44-18)33(61)51-37(40)50-28/h4-12,14-17,28,36,46H,13,18-21H2,1-3H3,(H,44,52)(H2,45,48,55);5-8,15,19-23,42H,2-4,9-14H2,1H3,(H,45,52)(H,46,60)(H,47,59)(H,48,57)(H,49,58)(H,53,54)(H,55,56)(H,62,63)(H,64,65)(H4,38,39,41)(H3,40,43,50,51,61)/b47-23+;/t;19-,20-,21-,22-,23-/m.0/s1. The minimum Gasteiger partial charge on any atom is -0.481 e. The van der Waals surface area contributed by atoms with E-state index in [2.05, 4.69) is 108 Å². The van der Waals surface area contributed by atoms with E-state index in [1.54, 1.807) is 37.5 Å². The Balaban J connectivity index is 0.000000256. The molecule has 634 valence electrons. The zero-order chi connectivity index (χ0) is 87.6. The second-order valence-corrected chi connectivity index (χ2v) is 29.7. The third kappa shape index (κ3) is 23.1. The maximum absolute atomic E-state index is 14.0. The van der Waals surface area contributed by atoms with Crippen molar-refractivity contribution in [2.75, 3.05) is 58.4 Å². The van der Waals surface area contributed by atoms with Gasteiger partial charge in [0, 0.05) is 88.9 Å². The van der Waals surface area contributed by atoms with Crippen LogP contribution in [0.3, 0.4) is 0 Å². The Morgan fingerprint density at radius 2 is 1.38 bits per heavy atom. The van der Waals surface area contributed by atoms with Crippen LogP contribution in [0.2, 0.25) is 0 Å². The van der Waals surface area contributed by atoms with Gasteiger partial charge in [-0.3, -0.25) is 72.4 Å². The molecule has 0 bridgehead atoms. The highest BCUT2D eigenvalue weighted by molar-refractivity contribution is 8.00. The molecular weight excluding hydrogens is 1610 g/mol. The molecule has 1 aliphatic carbocycles. The number of halogens is 1. The fourth-order valence-corrected chi connectivity index (χ4v) is 14.4. The zero-order valence-electron chi connectivity index (χ0n) is 65.4. The molecule has 11 rings (SSSR count). The summed E-state index contributed by atoms with van der Waals surface area (Å²) in [5, 5.41) is 64.4. The van der Waals surface area contributed by atoms with Gasteiger partial charge in [0.1, 0.15) is 35.9 Å². The van der Waals surface area contributed by atoms with Gasteiger partial charge in [0.2, 0.25) is 41.4 Å². The van der Waals surface area contributed by atoms with E-state index in [1.165, 1.54) is 49.1 Å². The number of alkyl halides is 1.